The summed E-state index contributed by atoms with van der Waals surface area (Å²) in [5.74, 6) is 0. The van der Waals surface area contributed by atoms with Crippen LogP contribution in [0.2, 0.25) is 0 Å². The molecule has 32 heavy (non-hydrogen) atoms. The molecule has 1 aliphatic rings. The number of hydrogen-bond donors (Lipinski definition) is 0. The maximum Gasteiger partial charge on any atom is 0.228 e. The molecule has 4 nitrogen and oxygen atoms in total. The standard InChI is InChI=1S/C27H29FO4/c1-20-24(29-17-21-11-5-2-6-12-21)25(30-18-22-13-7-3-8-14-22)26(27(28)32-20)31-19-23-15-9-4-10-16-23/h2-16,20,24-27H,17-19H2,1H3/t20?,24?,25-,26?,27-/m0/s1. The van der Waals surface area contributed by atoms with Gasteiger partial charge >= 0.3 is 0 Å². The quantitative estimate of drug-likeness (QED) is 0.447. The second kappa shape index (κ2) is 11.3. The molecular formula is C27H29FO4. The molecule has 0 saturated carbocycles. The van der Waals surface area contributed by atoms with Crippen LogP contribution < -0.4 is 0 Å². The third kappa shape index (κ3) is 6.02. The van der Waals surface area contributed by atoms with Gasteiger partial charge in [0.1, 0.15) is 18.3 Å². The van der Waals surface area contributed by atoms with E-state index >= 15 is 4.39 Å². The van der Waals surface area contributed by atoms with Crippen molar-refractivity contribution >= 4 is 0 Å². The zero-order valence-electron chi connectivity index (χ0n) is 18.2. The highest BCUT2D eigenvalue weighted by Crippen LogP contribution is 2.30. The fourth-order valence-electron chi connectivity index (χ4n) is 3.85. The first-order valence-electron chi connectivity index (χ1n) is 11.0. The van der Waals surface area contributed by atoms with Crippen molar-refractivity contribution < 1.29 is 23.3 Å². The van der Waals surface area contributed by atoms with Crippen molar-refractivity contribution in [2.75, 3.05) is 0 Å². The molecule has 4 rings (SSSR count). The summed E-state index contributed by atoms with van der Waals surface area (Å²) in [4.78, 5) is 0. The van der Waals surface area contributed by atoms with Gasteiger partial charge in [0, 0.05) is 0 Å². The maximum absolute atomic E-state index is 15.0. The van der Waals surface area contributed by atoms with Crippen molar-refractivity contribution in [3.63, 3.8) is 0 Å². The monoisotopic (exact) mass is 436 g/mol. The van der Waals surface area contributed by atoms with Crippen LogP contribution in [0, 0.1) is 0 Å². The number of benzene rings is 3. The molecular weight excluding hydrogens is 407 g/mol. The second-order valence-corrected chi connectivity index (χ2v) is 7.98. The Morgan fingerprint density at radius 2 is 0.969 bits per heavy atom. The van der Waals surface area contributed by atoms with Crippen LogP contribution in [-0.4, -0.2) is 30.8 Å². The van der Waals surface area contributed by atoms with E-state index in [-0.39, 0.29) is 6.61 Å². The van der Waals surface area contributed by atoms with Crippen LogP contribution >= 0.6 is 0 Å². The average molecular weight is 437 g/mol. The summed E-state index contributed by atoms with van der Waals surface area (Å²) in [5, 5.41) is 0. The topological polar surface area (TPSA) is 36.9 Å². The van der Waals surface area contributed by atoms with E-state index in [1.807, 2.05) is 97.9 Å². The highest BCUT2D eigenvalue weighted by molar-refractivity contribution is 5.15. The molecule has 0 amide bonds. The molecule has 3 aromatic carbocycles. The molecule has 3 unspecified atom stereocenters. The van der Waals surface area contributed by atoms with E-state index in [0.717, 1.165) is 16.7 Å². The molecule has 0 bridgehead atoms. The second-order valence-electron chi connectivity index (χ2n) is 7.98. The van der Waals surface area contributed by atoms with Gasteiger partial charge < -0.3 is 18.9 Å². The van der Waals surface area contributed by atoms with E-state index in [0.29, 0.717) is 13.2 Å². The van der Waals surface area contributed by atoms with E-state index in [4.69, 9.17) is 18.9 Å². The van der Waals surface area contributed by atoms with Crippen molar-refractivity contribution in [3.05, 3.63) is 108 Å². The van der Waals surface area contributed by atoms with Crippen LogP contribution in [0.25, 0.3) is 0 Å². The molecule has 0 spiro atoms. The molecule has 3 aromatic rings. The van der Waals surface area contributed by atoms with Gasteiger partial charge in [-0.1, -0.05) is 91.0 Å². The minimum Gasteiger partial charge on any atom is -0.368 e. The van der Waals surface area contributed by atoms with Gasteiger partial charge in [-0.3, -0.25) is 0 Å². The fraction of sp³-hybridized carbons (Fsp3) is 0.333. The molecule has 5 atom stereocenters. The van der Waals surface area contributed by atoms with Gasteiger partial charge in [-0.05, 0) is 23.6 Å². The van der Waals surface area contributed by atoms with E-state index in [9.17, 15) is 0 Å². The van der Waals surface area contributed by atoms with Gasteiger partial charge in [-0.25, -0.2) is 4.39 Å². The molecule has 0 N–H and O–H groups in total. The van der Waals surface area contributed by atoms with Gasteiger partial charge in [0.15, 0.2) is 0 Å². The molecule has 168 valence electrons. The van der Waals surface area contributed by atoms with Crippen LogP contribution in [-0.2, 0) is 38.8 Å². The predicted octanol–water partition coefficient (Wildman–Crippen LogP) is 5.46. The molecule has 1 aliphatic heterocycles. The maximum atomic E-state index is 15.0. The van der Waals surface area contributed by atoms with Crippen LogP contribution in [0.3, 0.4) is 0 Å². The lowest BCUT2D eigenvalue weighted by molar-refractivity contribution is -0.288. The lowest BCUT2D eigenvalue weighted by Crippen LogP contribution is -2.58. The Labute approximate surface area is 188 Å². The Morgan fingerprint density at radius 3 is 1.41 bits per heavy atom. The van der Waals surface area contributed by atoms with Gasteiger partial charge in [0.2, 0.25) is 6.36 Å². The van der Waals surface area contributed by atoms with E-state index < -0.39 is 30.8 Å². The zero-order chi connectivity index (χ0) is 22.2. The Kier molecular flexibility index (Phi) is 8.02. The Hall–Kier alpha value is -2.57. The normalized spacial score (nSPS) is 25.5. The van der Waals surface area contributed by atoms with Gasteiger partial charge in [-0.15, -0.1) is 0 Å². The third-order valence-electron chi connectivity index (χ3n) is 5.57. The summed E-state index contributed by atoms with van der Waals surface area (Å²) >= 11 is 0. The fourth-order valence-corrected chi connectivity index (χ4v) is 3.85. The first kappa shape index (κ1) is 22.6. The third-order valence-corrected chi connectivity index (χ3v) is 5.57. The van der Waals surface area contributed by atoms with Crippen LogP contribution in [0.4, 0.5) is 4.39 Å². The van der Waals surface area contributed by atoms with Crippen molar-refractivity contribution in [2.24, 2.45) is 0 Å². The minimum absolute atomic E-state index is 0.264. The number of hydrogen-bond acceptors (Lipinski definition) is 4. The number of rotatable bonds is 9. The number of alkyl halides is 1. The van der Waals surface area contributed by atoms with E-state index in [1.165, 1.54) is 0 Å². The largest absolute Gasteiger partial charge is 0.368 e. The summed E-state index contributed by atoms with van der Waals surface area (Å²) in [7, 11) is 0. The van der Waals surface area contributed by atoms with Crippen molar-refractivity contribution in [1.29, 1.82) is 0 Å². The van der Waals surface area contributed by atoms with Crippen molar-refractivity contribution in [3.8, 4) is 0 Å². The van der Waals surface area contributed by atoms with Crippen molar-refractivity contribution in [1.82, 2.24) is 0 Å². The minimum atomic E-state index is -1.61. The highest BCUT2D eigenvalue weighted by atomic mass is 19.1. The lowest BCUT2D eigenvalue weighted by Gasteiger charge is -2.42. The molecule has 0 radical (unpaired) electrons. The Balaban J connectivity index is 1.50. The van der Waals surface area contributed by atoms with E-state index in [1.54, 1.807) is 0 Å². The first-order chi connectivity index (χ1) is 15.7. The first-order valence-corrected chi connectivity index (χ1v) is 11.0. The molecule has 1 fully saturated rings. The predicted molar refractivity (Wildman–Crippen MR) is 121 cm³/mol. The lowest BCUT2D eigenvalue weighted by atomic mass is 9.99. The van der Waals surface area contributed by atoms with Crippen LogP contribution in [0.15, 0.2) is 91.0 Å². The number of ether oxygens (including phenoxy) is 4. The summed E-state index contributed by atoms with van der Waals surface area (Å²) in [6, 6.07) is 29.4. The van der Waals surface area contributed by atoms with E-state index in [2.05, 4.69) is 0 Å². The van der Waals surface area contributed by atoms with Crippen LogP contribution in [0.5, 0.6) is 0 Å². The molecule has 0 aliphatic carbocycles. The van der Waals surface area contributed by atoms with Crippen molar-refractivity contribution in [2.45, 2.75) is 57.5 Å². The Bertz CT molecular complexity index is 867. The van der Waals surface area contributed by atoms with Gasteiger partial charge in [0.25, 0.3) is 0 Å². The molecule has 5 heteroatoms. The molecule has 1 saturated heterocycles. The highest BCUT2D eigenvalue weighted by Gasteiger charge is 2.47. The number of halogens is 1. The SMILES string of the molecule is CC1O[C@H](F)C(OCc2ccccc2)[C@@H](OCc2ccccc2)C1OCc1ccccc1. The van der Waals surface area contributed by atoms with Crippen LogP contribution in [0.1, 0.15) is 23.6 Å². The van der Waals surface area contributed by atoms with Gasteiger partial charge in [-0.2, -0.15) is 0 Å². The average Bonchev–Trinajstić information content (AvgIpc) is 2.83. The summed E-state index contributed by atoms with van der Waals surface area (Å²) in [5.41, 5.74) is 3.00. The Morgan fingerprint density at radius 1 is 0.594 bits per heavy atom. The molecule has 0 aromatic heterocycles. The summed E-state index contributed by atoms with van der Waals surface area (Å²) < 4.78 is 39.1. The summed E-state index contributed by atoms with van der Waals surface area (Å²) in [6.07, 6.45) is -4.10. The summed E-state index contributed by atoms with van der Waals surface area (Å²) in [6.45, 7) is 2.79. The zero-order valence-corrected chi connectivity index (χ0v) is 18.2. The van der Waals surface area contributed by atoms with Gasteiger partial charge in [0.05, 0.1) is 25.9 Å². The smallest absolute Gasteiger partial charge is 0.228 e. The molecule has 1 heterocycles.